The molecule has 0 aromatic rings. The van der Waals surface area contributed by atoms with E-state index in [1.54, 1.807) is 0 Å². The number of nitrogens with zero attached hydrogens (tertiary/aromatic N) is 1. The summed E-state index contributed by atoms with van der Waals surface area (Å²) in [6.07, 6.45) is 5.68. The van der Waals surface area contributed by atoms with Crippen LogP contribution in [0.25, 0.3) is 0 Å². The van der Waals surface area contributed by atoms with Crippen molar-refractivity contribution in [1.82, 2.24) is 4.90 Å². The molecule has 80 valence electrons. The van der Waals surface area contributed by atoms with Crippen LogP contribution in [0.5, 0.6) is 0 Å². The van der Waals surface area contributed by atoms with E-state index in [1.165, 1.54) is 44.3 Å². The Morgan fingerprint density at radius 2 is 1.86 bits per heavy atom. The molecule has 2 saturated heterocycles. The average molecular weight is 193 g/mol. The maximum atomic E-state index is 4.13. The molecule has 2 aliphatic heterocycles. The second-order valence-corrected chi connectivity index (χ2v) is 5.15. The van der Waals surface area contributed by atoms with E-state index in [0.29, 0.717) is 5.54 Å². The minimum Gasteiger partial charge on any atom is -0.293 e. The van der Waals surface area contributed by atoms with Gasteiger partial charge in [0.15, 0.2) is 0 Å². The van der Waals surface area contributed by atoms with E-state index in [2.05, 4.69) is 18.4 Å². The zero-order valence-corrected chi connectivity index (χ0v) is 9.90. The summed E-state index contributed by atoms with van der Waals surface area (Å²) < 4.78 is 0. The Morgan fingerprint density at radius 1 is 1.21 bits per heavy atom. The SMILES string of the molecule is C=C1CN2CCC3(CC3)[C@@]2(C)C1.CC. The van der Waals surface area contributed by atoms with Crippen LogP contribution in [0.2, 0.25) is 0 Å². The predicted octanol–water partition coefficient (Wildman–Crippen LogP) is 3.22. The standard InChI is InChI=1S/C11H17N.C2H6/c1-9-7-10(2)11(3-4-11)5-6-12(10)8-9;1-2/h1,3-8H2,2H3;1-2H3/t10-;/m1./s1. The van der Waals surface area contributed by atoms with Gasteiger partial charge in [0.25, 0.3) is 0 Å². The third kappa shape index (κ3) is 1.11. The minimum atomic E-state index is 0.518. The minimum absolute atomic E-state index is 0.518. The molecule has 0 unspecified atom stereocenters. The van der Waals surface area contributed by atoms with Crippen molar-refractivity contribution < 1.29 is 0 Å². The van der Waals surface area contributed by atoms with Gasteiger partial charge in [-0.1, -0.05) is 26.0 Å². The second kappa shape index (κ2) is 3.10. The summed E-state index contributed by atoms with van der Waals surface area (Å²) in [5.74, 6) is 0. The van der Waals surface area contributed by atoms with Gasteiger partial charge in [-0.05, 0) is 44.6 Å². The van der Waals surface area contributed by atoms with Gasteiger partial charge in [-0.25, -0.2) is 0 Å². The van der Waals surface area contributed by atoms with E-state index in [1.807, 2.05) is 13.8 Å². The fourth-order valence-corrected chi connectivity index (χ4v) is 3.51. The maximum absolute atomic E-state index is 4.13. The van der Waals surface area contributed by atoms with E-state index in [0.717, 1.165) is 5.41 Å². The van der Waals surface area contributed by atoms with Crippen LogP contribution < -0.4 is 0 Å². The molecular weight excluding hydrogens is 170 g/mol. The van der Waals surface area contributed by atoms with Crippen LogP contribution in [-0.4, -0.2) is 23.5 Å². The Labute approximate surface area is 88.2 Å². The summed E-state index contributed by atoms with van der Waals surface area (Å²) in [5.41, 5.74) is 2.71. The zero-order valence-electron chi connectivity index (χ0n) is 9.90. The molecule has 1 atom stereocenters. The van der Waals surface area contributed by atoms with Gasteiger partial charge in [0.2, 0.25) is 0 Å². The van der Waals surface area contributed by atoms with E-state index in [-0.39, 0.29) is 0 Å². The highest BCUT2D eigenvalue weighted by atomic mass is 15.3. The quantitative estimate of drug-likeness (QED) is 0.534. The first-order valence-corrected chi connectivity index (χ1v) is 6.08. The fourth-order valence-electron chi connectivity index (χ4n) is 3.51. The second-order valence-electron chi connectivity index (χ2n) is 5.15. The summed E-state index contributed by atoms with van der Waals surface area (Å²) >= 11 is 0. The van der Waals surface area contributed by atoms with Crippen LogP contribution in [0.15, 0.2) is 12.2 Å². The van der Waals surface area contributed by atoms with E-state index >= 15 is 0 Å². The largest absolute Gasteiger partial charge is 0.293 e. The Hall–Kier alpha value is -0.300. The van der Waals surface area contributed by atoms with Crippen molar-refractivity contribution in [3.05, 3.63) is 12.2 Å². The van der Waals surface area contributed by atoms with E-state index in [4.69, 9.17) is 0 Å². The molecule has 14 heavy (non-hydrogen) atoms. The summed E-state index contributed by atoms with van der Waals surface area (Å²) in [5, 5.41) is 0. The van der Waals surface area contributed by atoms with Crippen molar-refractivity contribution in [2.24, 2.45) is 5.41 Å². The molecule has 1 nitrogen and oxygen atoms in total. The molecule has 3 aliphatic rings. The molecule has 0 aromatic heterocycles. The van der Waals surface area contributed by atoms with Gasteiger partial charge < -0.3 is 0 Å². The van der Waals surface area contributed by atoms with Crippen molar-refractivity contribution in [2.75, 3.05) is 13.1 Å². The van der Waals surface area contributed by atoms with Crippen LogP contribution in [0, 0.1) is 5.41 Å². The Bertz CT molecular complexity index is 252. The Morgan fingerprint density at radius 3 is 2.43 bits per heavy atom. The van der Waals surface area contributed by atoms with Gasteiger partial charge in [0, 0.05) is 12.1 Å². The number of hydrogen-bond acceptors (Lipinski definition) is 1. The molecule has 0 aromatic carbocycles. The Balaban J connectivity index is 0.000000354. The highest BCUT2D eigenvalue weighted by molar-refractivity contribution is 5.26. The number of rotatable bonds is 0. The van der Waals surface area contributed by atoms with Gasteiger partial charge >= 0.3 is 0 Å². The highest BCUT2D eigenvalue weighted by Gasteiger charge is 2.64. The first-order valence-electron chi connectivity index (χ1n) is 6.08. The lowest BCUT2D eigenvalue weighted by atomic mass is 9.81. The normalized spacial score (nSPS) is 38.1. The molecule has 1 heteroatoms. The van der Waals surface area contributed by atoms with E-state index < -0.39 is 0 Å². The monoisotopic (exact) mass is 193 g/mol. The molecule has 2 heterocycles. The molecule has 3 rings (SSSR count). The lowest BCUT2D eigenvalue weighted by Gasteiger charge is -2.33. The Kier molecular flexibility index (Phi) is 2.26. The van der Waals surface area contributed by atoms with Crippen LogP contribution in [0.4, 0.5) is 0 Å². The molecule has 1 saturated carbocycles. The smallest absolute Gasteiger partial charge is 0.0278 e. The maximum Gasteiger partial charge on any atom is 0.0278 e. The molecule has 0 N–H and O–H groups in total. The van der Waals surface area contributed by atoms with Crippen LogP contribution in [0.1, 0.15) is 46.5 Å². The summed E-state index contributed by atoms with van der Waals surface area (Å²) in [4.78, 5) is 2.67. The summed E-state index contributed by atoms with van der Waals surface area (Å²) in [7, 11) is 0. The van der Waals surface area contributed by atoms with Gasteiger partial charge in [0.1, 0.15) is 0 Å². The topological polar surface area (TPSA) is 3.24 Å². The molecule has 0 bridgehead atoms. The van der Waals surface area contributed by atoms with Gasteiger partial charge in [-0.2, -0.15) is 0 Å². The van der Waals surface area contributed by atoms with Crippen molar-refractivity contribution in [3.8, 4) is 0 Å². The van der Waals surface area contributed by atoms with Gasteiger partial charge in [0.05, 0.1) is 0 Å². The lowest BCUT2D eigenvalue weighted by Crippen LogP contribution is -2.40. The average Bonchev–Trinajstić information content (AvgIpc) is 2.85. The predicted molar refractivity (Wildman–Crippen MR) is 61.4 cm³/mol. The first kappa shape index (κ1) is 10.2. The lowest BCUT2D eigenvalue weighted by molar-refractivity contribution is 0.159. The van der Waals surface area contributed by atoms with Crippen molar-refractivity contribution in [3.63, 3.8) is 0 Å². The third-order valence-corrected chi connectivity index (χ3v) is 4.56. The molecular formula is C13H23N. The van der Waals surface area contributed by atoms with E-state index in [9.17, 15) is 0 Å². The molecule has 3 fully saturated rings. The third-order valence-electron chi connectivity index (χ3n) is 4.56. The van der Waals surface area contributed by atoms with Crippen LogP contribution in [0.3, 0.4) is 0 Å². The highest BCUT2D eigenvalue weighted by Crippen LogP contribution is 2.65. The van der Waals surface area contributed by atoms with Crippen LogP contribution >= 0.6 is 0 Å². The molecule has 1 aliphatic carbocycles. The molecule has 1 spiro atoms. The molecule has 0 radical (unpaired) electrons. The zero-order chi connectivity index (χ0) is 10.4. The van der Waals surface area contributed by atoms with Crippen LogP contribution in [-0.2, 0) is 0 Å². The van der Waals surface area contributed by atoms with Crippen molar-refractivity contribution in [2.45, 2.75) is 52.0 Å². The van der Waals surface area contributed by atoms with Gasteiger partial charge in [-0.15, -0.1) is 0 Å². The van der Waals surface area contributed by atoms with Gasteiger partial charge in [-0.3, -0.25) is 4.90 Å². The summed E-state index contributed by atoms with van der Waals surface area (Å²) in [6.45, 7) is 13.1. The van der Waals surface area contributed by atoms with Crippen molar-refractivity contribution >= 4 is 0 Å². The molecule has 0 amide bonds. The number of fused-ring (bicyclic) bond motifs is 2. The fraction of sp³-hybridized carbons (Fsp3) is 0.846. The van der Waals surface area contributed by atoms with Crippen molar-refractivity contribution in [1.29, 1.82) is 0 Å². The number of hydrogen-bond donors (Lipinski definition) is 0. The summed E-state index contributed by atoms with van der Waals surface area (Å²) in [6, 6.07) is 0. The first-order chi connectivity index (χ1) is 6.66.